The average molecular weight is 282 g/mol. The van der Waals surface area contributed by atoms with Gasteiger partial charge in [0.2, 0.25) is 0 Å². The first-order valence-corrected chi connectivity index (χ1v) is 6.45. The van der Waals surface area contributed by atoms with E-state index >= 15 is 0 Å². The summed E-state index contributed by atoms with van der Waals surface area (Å²) in [7, 11) is 0. The van der Waals surface area contributed by atoms with Crippen LogP contribution in [0.25, 0.3) is 11.5 Å². The van der Waals surface area contributed by atoms with Gasteiger partial charge in [0.05, 0.1) is 5.02 Å². The predicted octanol–water partition coefficient (Wildman–Crippen LogP) is 4.04. The van der Waals surface area contributed by atoms with Crippen molar-refractivity contribution in [2.45, 2.75) is 20.3 Å². The normalized spacial score (nSPS) is 10.9. The second-order valence-electron chi connectivity index (χ2n) is 4.47. The Bertz CT molecular complexity index is 538. The number of halogens is 2. The van der Waals surface area contributed by atoms with Gasteiger partial charge in [0.25, 0.3) is 0 Å². The van der Waals surface area contributed by atoms with Crippen LogP contribution in [0.2, 0.25) is 10.2 Å². The summed E-state index contributed by atoms with van der Waals surface area (Å²) >= 11 is 11.8. The maximum absolute atomic E-state index is 6.01. The zero-order chi connectivity index (χ0) is 13.1. The fourth-order valence-electron chi connectivity index (χ4n) is 1.61. The lowest BCUT2D eigenvalue weighted by atomic mass is 10.1. The van der Waals surface area contributed by atoms with Crippen LogP contribution >= 0.6 is 23.2 Å². The summed E-state index contributed by atoms with van der Waals surface area (Å²) in [6.07, 6.45) is 2.44. The molecule has 3 nitrogen and oxygen atoms in total. The maximum Gasteiger partial charge on any atom is 0.179 e. The lowest BCUT2D eigenvalue weighted by Gasteiger charge is -2.06. The average Bonchev–Trinajstić information content (AvgIpc) is 2.28. The molecular weight excluding hydrogens is 269 g/mol. The third-order valence-corrected chi connectivity index (χ3v) is 2.74. The first kappa shape index (κ1) is 13.2. The minimum atomic E-state index is 0.437. The van der Waals surface area contributed by atoms with Crippen molar-refractivity contribution in [3.05, 3.63) is 40.3 Å². The van der Waals surface area contributed by atoms with Gasteiger partial charge in [0.1, 0.15) is 10.8 Å². The summed E-state index contributed by atoms with van der Waals surface area (Å²) in [6.45, 7) is 4.27. The highest BCUT2D eigenvalue weighted by Crippen LogP contribution is 2.19. The van der Waals surface area contributed by atoms with E-state index in [0.29, 0.717) is 27.6 Å². The van der Waals surface area contributed by atoms with E-state index in [4.69, 9.17) is 23.2 Å². The third kappa shape index (κ3) is 3.40. The topological polar surface area (TPSA) is 38.7 Å². The summed E-state index contributed by atoms with van der Waals surface area (Å²) in [5.41, 5.74) is 1.60. The van der Waals surface area contributed by atoms with Gasteiger partial charge in [-0.05, 0) is 30.5 Å². The molecule has 2 aromatic rings. The van der Waals surface area contributed by atoms with Crippen LogP contribution in [0, 0.1) is 5.92 Å². The van der Waals surface area contributed by atoms with Crippen LogP contribution in [-0.2, 0) is 6.42 Å². The molecular formula is C13H13Cl2N3. The van der Waals surface area contributed by atoms with Gasteiger partial charge in [-0.1, -0.05) is 37.0 Å². The van der Waals surface area contributed by atoms with Gasteiger partial charge in [-0.15, -0.1) is 0 Å². The lowest BCUT2D eigenvalue weighted by molar-refractivity contribution is 0.634. The molecule has 0 aliphatic rings. The first-order valence-electron chi connectivity index (χ1n) is 5.70. The molecule has 5 heteroatoms. The van der Waals surface area contributed by atoms with Crippen molar-refractivity contribution in [3.8, 4) is 11.5 Å². The van der Waals surface area contributed by atoms with Crippen LogP contribution in [-0.4, -0.2) is 15.0 Å². The van der Waals surface area contributed by atoms with Crippen LogP contribution < -0.4 is 0 Å². The molecule has 0 atom stereocenters. The van der Waals surface area contributed by atoms with E-state index in [1.807, 2.05) is 0 Å². The minimum Gasteiger partial charge on any atom is -0.251 e. The van der Waals surface area contributed by atoms with Crippen LogP contribution in [0.5, 0.6) is 0 Å². The number of aromatic nitrogens is 3. The predicted molar refractivity (Wildman–Crippen MR) is 73.8 cm³/mol. The molecule has 0 amide bonds. The molecule has 0 spiro atoms. The zero-order valence-electron chi connectivity index (χ0n) is 10.2. The SMILES string of the molecule is CC(C)Cc1cc(Cl)nc(-c2ccc(Cl)cn2)n1. The molecule has 2 heterocycles. The second-order valence-corrected chi connectivity index (χ2v) is 5.29. The molecule has 0 saturated carbocycles. The van der Waals surface area contributed by atoms with Crippen molar-refractivity contribution in [1.29, 1.82) is 0 Å². The summed E-state index contributed by atoms with van der Waals surface area (Å²) in [6, 6.07) is 5.34. The standard InChI is InChI=1S/C13H13Cl2N3/c1-8(2)5-10-6-12(15)18-13(17-10)11-4-3-9(14)7-16-11/h3-4,6-8H,5H2,1-2H3. The highest BCUT2D eigenvalue weighted by atomic mass is 35.5. The lowest BCUT2D eigenvalue weighted by Crippen LogP contribution is -2.01. The molecule has 0 aromatic carbocycles. The molecule has 18 heavy (non-hydrogen) atoms. The molecule has 0 N–H and O–H groups in total. The summed E-state index contributed by atoms with van der Waals surface area (Å²) in [5, 5.41) is 1.02. The number of pyridine rings is 1. The highest BCUT2D eigenvalue weighted by Gasteiger charge is 2.08. The van der Waals surface area contributed by atoms with Gasteiger partial charge in [0.15, 0.2) is 5.82 Å². The molecule has 0 unspecified atom stereocenters. The van der Waals surface area contributed by atoms with E-state index in [0.717, 1.165) is 12.1 Å². The minimum absolute atomic E-state index is 0.437. The van der Waals surface area contributed by atoms with E-state index in [1.165, 1.54) is 0 Å². The molecule has 0 radical (unpaired) electrons. The fourth-order valence-corrected chi connectivity index (χ4v) is 1.93. The van der Waals surface area contributed by atoms with Gasteiger partial charge >= 0.3 is 0 Å². The first-order chi connectivity index (χ1) is 8.54. The van der Waals surface area contributed by atoms with Crippen molar-refractivity contribution in [1.82, 2.24) is 15.0 Å². The number of nitrogens with zero attached hydrogens (tertiary/aromatic N) is 3. The Balaban J connectivity index is 2.38. The van der Waals surface area contributed by atoms with Gasteiger partial charge < -0.3 is 0 Å². The van der Waals surface area contributed by atoms with Gasteiger partial charge in [-0.2, -0.15) is 0 Å². The van der Waals surface area contributed by atoms with Crippen molar-refractivity contribution < 1.29 is 0 Å². The molecule has 2 aromatic heterocycles. The Morgan fingerprint density at radius 2 is 1.94 bits per heavy atom. The Morgan fingerprint density at radius 1 is 1.17 bits per heavy atom. The van der Waals surface area contributed by atoms with Crippen LogP contribution in [0.1, 0.15) is 19.5 Å². The smallest absolute Gasteiger partial charge is 0.179 e. The molecule has 0 aliphatic carbocycles. The van der Waals surface area contributed by atoms with Crippen molar-refractivity contribution >= 4 is 23.2 Å². The Hall–Kier alpha value is -1.19. The van der Waals surface area contributed by atoms with Gasteiger partial charge in [-0.25, -0.2) is 9.97 Å². The van der Waals surface area contributed by atoms with Crippen molar-refractivity contribution in [3.63, 3.8) is 0 Å². The van der Waals surface area contributed by atoms with E-state index in [1.54, 1.807) is 24.4 Å². The third-order valence-electron chi connectivity index (χ3n) is 2.32. The highest BCUT2D eigenvalue weighted by molar-refractivity contribution is 6.30. The maximum atomic E-state index is 6.01. The Labute approximate surface area is 116 Å². The molecule has 0 saturated heterocycles. The van der Waals surface area contributed by atoms with Crippen LogP contribution in [0.3, 0.4) is 0 Å². The van der Waals surface area contributed by atoms with E-state index in [9.17, 15) is 0 Å². The van der Waals surface area contributed by atoms with Gasteiger partial charge in [-0.3, -0.25) is 4.98 Å². The van der Waals surface area contributed by atoms with E-state index < -0.39 is 0 Å². The molecule has 0 bridgehead atoms. The number of hydrogen-bond acceptors (Lipinski definition) is 3. The quantitative estimate of drug-likeness (QED) is 0.797. The van der Waals surface area contributed by atoms with Crippen LogP contribution in [0.4, 0.5) is 0 Å². The summed E-state index contributed by atoms with van der Waals surface area (Å²) < 4.78 is 0. The van der Waals surface area contributed by atoms with Gasteiger partial charge in [0, 0.05) is 11.9 Å². The number of rotatable bonds is 3. The van der Waals surface area contributed by atoms with Crippen molar-refractivity contribution in [2.24, 2.45) is 5.92 Å². The fraction of sp³-hybridized carbons (Fsp3) is 0.308. The van der Waals surface area contributed by atoms with Crippen molar-refractivity contribution in [2.75, 3.05) is 0 Å². The molecule has 0 aliphatic heterocycles. The summed E-state index contributed by atoms with van der Waals surface area (Å²) in [4.78, 5) is 12.9. The summed E-state index contributed by atoms with van der Waals surface area (Å²) in [5.74, 6) is 1.05. The molecule has 0 fully saturated rings. The molecule has 94 valence electrons. The molecule has 2 rings (SSSR count). The Morgan fingerprint density at radius 3 is 2.56 bits per heavy atom. The van der Waals surface area contributed by atoms with Crippen LogP contribution in [0.15, 0.2) is 24.4 Å². The monoisotopic (exact) mass is 281 g/mol. The largest absolute Gasteiger partial charge is 0.251 e. The second kappa shape index (κ2) is 5.63. The van der Waals surface area contributed by atoms with E-state index in [2.05, 4.69) is 28.8 Å². The number of hydrogen-bond donors (Lipinski definition) is 0. The zero-order valence-corrected chi connectivity index (χ0v) is 11.7. The van der Waals surface area contributed by atoms with E-state index in [-0.39, 0.29) is 0 Å². The Kier molecular flexibility index (Phi) is 4.15.